The summed E-state index contributed by atoms with van der Waals surface area (Å²) < 4.78 is 26.4. The second-order valence-electron chi connectivity index (χ2n) is 5.24. The third-order valence-electron chi connectivity index (χ3n) is 3.69. The standard InChI is InChI=1S/C15H14F2N2O2S/c16-15(17)5-7-19(8-6-15)14-18-12(9-22-14)10-1-3-11(4-2-10)13(20)21/h1-4,9H,5-8H2,(H,20,21). The molecule has 1 saturated heterocycles. The minimum absolute atomic E-state index is 0.144. The fraction of sp³-hybridized carbons (Fsp3) is 0.333. The summed E-state index contributed by atoms with van der Waals surface area (Å²) in [7, 11) is 0. The molecule has 22 heavy (non-hydrogen) atoms. The fourth-order valence-electron chi connectivity index (χ4n) is 2.35. The molecule has 0 unspecified atom stereocenters. The van der Waals surface area contributed by atoms with Gasteiger partial charge in [-0.3, -0.25) is 0 Å². The number of piperidine rings is 1. The molecule has 116 valence electrons. The maximum absolute atomic E-state index is 13.2. The van der Waals surface area contributed by atoms with Gasteiger partial charge in [0.2, 0.25) is 0 Å². The summed E-state index contributed by atoms with van der Waals surface area (Å²) in [4.78, 5) is 17.2. The summed E-state index contributed by atoms with van der Waals surface area (Å²) in [6.07, 6.45) is -0.287. The van der Waals surface area contributed by atoms with Crippen LogP contribution in [0.3, 0.4) is 0 Å². The summed E-state index contributed by atoms with van der Waals surface area (Å²) >= 11 is 1.42. The third-order valence-corrected chi connectivity index (χ3v) is 4.59. The zero-order valence-corrected chi connectivity index (χ0v) is 12.4. The number of rotatable bonds is 3. The molecule has 3 rings (SSSR count). The highest BCUT2D eigenvalue weighted by molar-refractivity contribution is 7.14. The molecule has 0 saturated carbocycles. The Morgan fingerprint density at radius 3 is 2.45 bits per heavy atom. The van der Waals surface area contributed by atoms with E-state index in [2.05, 4.69) is 4.98 Å². The topological polar surface area (TPSA) is 53.4 Å². The van der Waals surface area contributed by atoms with Crippen LogP contribution in [0.15, 0.2) is 29.6 Å². The molecule has 7 heteroatoms. The van der Waals surface area contributed by atoms with E-state index in [4.69, 9.17) is 5.11 Å². The molecule has 0 aliphatic carbocycles. The van der Waals surface area contributed by atoms with Gasteiger partial charge in [0.15, 0.2) is 5.13 Å². The van der Waals surface area contributed by atoms with E-state index in [1.807, 2.05) is 10.3 Å². The smallest absolute Gasteiger partial charge is 0.335 e. The monoisotopic (exact) mass is 324 g/mol. The number of halogens is 2. The number of aromatic carboxylic acids is 1. The van der Waals surface area contributed by atoms with Gasteiger partial charge in [-0.05, 0) is 12.1 Å². The molecule has 2 aromatic rings. The minimum Gasteiger partial charge on any atom is -0.478 e. The van der Waals surface area contributed by atoms with Crippen molar-refractivity contribution in [2.45, 2.75) is 18.8 Å². The van der Waals surface area contributed by atoms with Crippen molar-refractivity contribution in [1.82, 2.24) is 4.98 Å². The van der Waals surface area contributed by atoms with Crippen LogP contribution in [0.25, 0.3) is 11.3 Å². The van der Waals surface area contributed by atoms with E-state index in [9.17, 15) is 13.6 Å². The van der Waals surface area contributed by atoms with Crippen molar-refractivity contribution >= 4 is 22.4 Å². The highest BCUT2D eigenvalue weighted by Gasteiger charge is 2.34. The van der Waals surface area contributed by atoms with E-state index in [1.165, 1.54) is 23.5 Å². The molecular formula is C15H14F2N2O2S. The van der Waals surface area contributed by atoms with Gasteiger partial charge in [-0.25, -0.2) is 18.6 Å². The van der Waals surface area contributed by atoms with Crippen LogP contribution in [-0.2, 0) is 0 Å². The maximum Gasteiger partial charge on any atom is 0.335 e. The number of hydrogen-bond donors (Lipinski definition) is 1. The number of carboxylic acids is 1. The van der Waals surface area contributed by atoms with E-state index in [1.54, 1.807) is 12.1 Å². The number of benzene rings is 1. The summed E-state index contributed by atoms with van der Waals surface area (Å²) in [5.41, 5.74) is 1.77. The first kappa shape index (κ1) is 14.9. The van der Waals surface area contributed by atoms with Gasteiger partial charge in [-0.1, -0.05) is 12.1 Å². The molecule has 4 nitrogen and oxygen atoms in total. The highest BCUT2D eigenvalue weighted by Crippen LogP contribution is 2.33. The molecule has 1 aliphatic heterocycles. The van der Waals surface area contributed by atoms with Crippen LogP contribution in [0.2, 0.25) is 0 Å². The van der Waals surface area contributed by atoms with Crippen molar-refractivity contribution < 1.29 is 18.7 Å². The Morgan fingerprint density at radius 2 is 1.86 bits per heavy atom. The van der Waals surface area contributed by atoms with Crippen LogP contribution < -0.4 is 4.90 Å². The van der Waals surface area contributed by atoms with E-state index in [0.29, 0.717) is 13.1 Å². The second-order valence-corrected chi connectivity index (χ2v) is 6.08. The SMILES string of the molecule is O=C(O)c1ccc(-c2csc(N3CCC(F)(F)CC3)n2)cc1. The Hall–Kier alpha value is -2.02. The largest absolute Gasteiger partial charge is 0.478 e. The first-order valence-electron chi connectivity index (χ1n) is 6.87. The molecule has 0 atom stereocenters. The first-order valence-corrected chi connectivity index (χ1v) is 7.75. The Kier molecular flexibility index (Phi) is 3.82. The van der Waals surface area contributed by atoms with E-state index < -0.39 is 11.9 Å². The van der Waals surface area contributed by atoms with E-state index >= 15 is 0 Å². The molecule has 1 aromatic heterocycles. The van der Waals surface area contributed by atoms with Crippen LogP contribution in [0, 0.1) is 0 Å². The average molecular weight is 324 g/mol. The molecule has 1 aliphatic rings. The summed E-state index contributed by atoms with van der Waals surface area (Å²) in [6.45, 7) is 0.607. The molecule has 0 radical (unpaired) electrons. The number of carboxylic acid groups (broad SMARTS) is 1. The van der Waals surface area contributed by atoms with Gasteiger partial charge >= 0.3 is 5.97 Å². The van der Waals surface area contributed by atoms with Gasteiger partial charge in [0, 0.05) is 36.9 Å². The first-order chi connectivity index (χ1) is 10.4. The number of alkyl halides is 2. The van der Waals surface area contributed by atoms with Crippen molar-refractivity contribution in [1.29, 1.82) is 0 Å². The second kappa shape index (κ2) is 5.64. The zero-order valence-electron chi connectivity index (χ0n) is 11.6. The van der Waals surface area contributed by atoms with Crippen molar-refractivity contribution in [3.05, 3.63) is 35.2 Å². The van der Waals surface area contributed by atoms with Crippen LogP contribution in [0.1, 0.15) is 23.2 Å². The lowest BCUT2D eigenvalue weighted by Gasteiger charge is -2.31. The number of nitrogens with zero attached hydrogens (tertiary/aromatic N) is 2. The normalized spacial score (nSPS) is 17.5. The van der Waals surface area contributed by atoms with Crippen LogP contribution in [-0.4, -0.2) is 35.1 Å². The van der Waals surface area contributed by atoms with Crippen molar-refractivity contribution in [2.24, 2.45) is 0 Å². The number of anilines is 1. The third kappa shape index (κ3) is 3.09. The lowest BCUT2D eigenvalue weighted by Crippen LogP contribution is -2.39. The quantitative estimate of drug-likeness (QED) is 0.934. The number of hydrogen-bond acceptors (Lipinski definition) is 4. The fourth-order valence-corrected chi connectivity index (χ4v) is 3.24. The van der Waals surface area contributed by atoms with E-state index in [0.717, 1.165) is 16.4 Å². The number of aromatic nitrogens is 1. The van der Waals surface area contributed by atoms with Crippen molar-refractivity contribution in [3.8, 4) is 11.3 Å². The van der Waals surface area contributed by atoms with Gasteiger partial charge in [0.05, 0.1) is 11.3 Å². The van der Waals surface area contributed by atoms with Crippen molar-refractivity contribution in [3.63, 3.8) is 0 Å². The summed E-state index contributed by atoms with van der Waals surface area (Å²) in [5, 5.41) is 11.5. The Bertz CT molecular complexity index is 675. The maximum atomic E-state index is 13.2. The van der Waals surface area contributed by atoms with Gasteiger partial charge < -0.3 is 10.0 Å². The number of thiazole rings is 1. The Labute approximate surface area is 130 Å². The van der Waals surface area contributed by atoms with Gasteiger partial charge in [0.1, 0.15) is 0 Å². The van der Waals surface area contributed by atoms with Crippen LogP contribution in [0.4, 0.5) is 13.9 Å². The molecule has 1 fully saturated rings. The van der Waals surface area contributed by atoms with Gasteiger partial charge in [0.25, 0.3) is 5.92 Å². The molecular weight excluding hydrogens is 310 g/mol. The highest BCUT2D eigenvalue weighted by atomic mass is 32.1. The molecule has 1 aromatic carbocycles. The molecule has 2 heterocycles. The molecule has 0 spiro atoms. The van der Waals surface area contributed by atoms with Gasteiger partial charge in [-0.15, -0.1) is 11.3 Å². The number of carbonyl (C=O) groups is 1. The van der Waals surface area contributed by atoms with E-state index in [-0.39, 0.29) is 18.4 Å². The minimum atomic E-state index is -2.57. The summed E-state index contributed by atoms with van der Waals surface area (Å²) in [5.74, 6) is -3.54. The molecule has 0 amide bonds. The van der Waals surface area contributed by atoms with Crippen molar-refractivity contribution in [2.75, 3.05) is 18.0 Å². The lowest BCUT2D eigenvalue weighted by molar-refractivity contribution is -0.0220. The Morgan fingerprint density at radius 1 is 1.23 bits per heavy atom. The van der Waals surface area contributed by atoms with Gasteiger partial charge in [-0.2, -0.15) is 0 Å². The van der Waals surface area contributed by atoms with Crippen LogP contribution in [0.5, 0.6) is 0 Å². The molecule has 1 N–H and O–H groups in total. The molecule has 0 bridgehead atoms. The Balaban J connectivity index is 1.75. The average Bonchev–Trinajstić information content (AvgIpc) is 2.97. The lowest BCUT2D eigenvalue weighted by atomic mass is 10.1. The zero-order chi connectivity index (χ0) is 15.7. The summed E-state index contributed by atoms with van der Waals surface area (Å²) in [6, 6.07) is 6.45. The van der Waals surface area contributed by atoms with Crippen LogP contribution >= 0.6 is 11.3 Å². The predicted octanol–water partition coefficient (Wildman–Crippen LogP) is 3.74. The predicted molar refractivity (Wildman–Crippen MR) is 80.9 cm³/mol.